The highest BCUT2D eigenvalue weighted by Gasteiger charge is 2.37. The average molecular weight is 431 g/mol. The molecule has 0 radical (unpaired) electrons. The van der Waals surface area contributed by atoms with Crippen molar-refractivity contribution in [2.45, 2.75) is 12.4 Å². The molecule has 0 saturated heterocycles. The SMILES string of the molecule is Cn1cc(/C(=C/n2cnc(-c3cc(C(F)(F)F)cc(C(F)(F)F)c3)n2)C(=O)O)cn1. The third kappa shape index (κ3) is 4.50. The van der Waals surface area contributed by atoms with Crippen molar-refractivity contribution < 1.29 is 36.2 Å². The smallest absolute Gasteiger partial charge is 0.416 e. The normalized spacial score (nSPS) is 13.0. The van der Waals surface area contributed by atoms with Gasteiger partial charge in [0, 0.05) is 30.6 Å². The van der Waals surface area contributed by atoms with Gasteiger partial charge in [-0.1, -0.05) is 0 Å². The second kappa shape index (κ2) is 7.31. The second-order valence-electron chi connectivity index (χ2n) is 6.09. The van der Waals surface area contributed by atoms with Crippen LogP contribution in [0.3, 0.4) is 0 Å². The van der Waals surface area contributed by atoms with Crippen molar-refractivity contribution in [1.82, 2.24) is 24.5 Å². The third-order valence-electron chi connectivity index (χ3n) is 3.86. The maximum atomic E-state index is 13.0. The van der Waals surface area contributed by atoms with E-state index >= 15 is 0 Å². The Balaban J connectivity index is 2.06. The van der Waals surface area contributed by atoms with E-state index in [-0.39, 0.29) is 17.2 Å². The van der Waals surface area contributed by atoms with Crippen LogP contribution in [0.15, 0.2) is 36.9 Å². The van der Waals surface area contributed by atoms with Crippen LogP contribution in [0.1, 0.15) is 16.7 Å². The van der Waals surface area contributed by atoms with Gasteiger partial charge in [0.15, 0.2) is 5.82 Å². The molecule has 0 saturated carbocycles. The molecular formula is C17H11F6N5O2. The molecule has 0 amide bonds. The number of carboxylic acids is 1. The number of aliphatic carboxylic acids is 1. The van der Waals surface area contributed by atoms with Gasteiger partial charge in [0.05, 0.1) is 22.9 Å². The summed E-state index contributed by atoms with van der Waals surface area (Å²) >= 11 is 0. The van der Waals surface area contributed by atoms with Crippen LogP contribution in [-0.4, -0.2) is 35.6 Å². The molecule has 0 aliphatic rings. The first kappa shape index (κ1) is 21.1. The first-order valence-electron chi connectivity index (χ1n) is 8.00. The van der Waals surface area contributed by atoms with Crippen LogP contribution in [0.4, 0.5) is 26.3 Å². The Hall–Kier alpha value is -3.64. The zero-order valence-electron chi connectivity index (χ0n) is 14.9. The number of rotatable bonds is 4. The molecule has 13 heteroatoms. The van der Waals surface area contributed by atoms with Crippen molar-refractivity contribution in [1.29, 1.82) is 0 Å². The summed E-state index contributed by atoms with van der Waals surface area (Å²) in [4.78, 5) is 15.2. The molecule has 30 heavy (non-hydrogen) atoms. The van der Waals surface area contributed by atoms with Crippen LogP contribution in [0.25, 0.3) is 23.2 Å². The number of halogens is 6. The molecule has 7 nitrogen and oxygen atoms in total. The van der Waals surface area contributed by atoms with Gasteiger partial charge < -0.3 is 5.11 Å². The number of aryl methyl sites for hydroxylation is 1. The molecule has 0 fully saturated rings. The molecule has 0 spiro atoms. The van der Waals surface area contributed by atoms with Crippen LogP contribution in [0, 0.1) is 0 Å². The highest BCUT2D eigenvalue weighted by molar-refractivity contribution is 6.19. The molecule has 0 bridgehead atoms. The Morgan fingerprint density at radius 2 is 1.67 bits per heavy atom. The maximum Gasteiger partial charge on any atom is 0.416 e. The number of hydrogen-bond acceptors (Lipinski definition) is 4. The van der Waals surface area contributed by atoms with Gasteiger partial charge in [-0.15, -0.1) is 5.10 Å². The van der Waals surface area contributed by atoms with Gasteiger partial charge in [0.2, 0.25) is 0 Å². The number of alkyl halides is 6. The Labute approximate surface area is 163 Å². The van der Waals surface area contributed by atoms with E-state index in [1.165, 1.54) is 17.1 Å². The van der Waals surface area contributed by atoms with E-state index in [1.807, 2.05) is 0 Å². The molecule has 1 N–H and O–H groups in total. The number of carbonyl (C=O) groups is 1. The van der Waals surface area contributed by atoms with Crippen molar-refractivity contribution in [3.63, 3.8) is 0 Å². The van der Waals surface area contributed by atoms with Crippen molar-refractivity contribution >= 4 is 17.7 Å². The molecule has 0 unspecified atom stereocenters. The number of aromatic nitrogens is 5. The topological polar surface area (TPSA) is 85.8 Å². The van der Waals surface area contributed by atoms with Crippen LogP contribution < -0.4 is 0 Å². The van der Waals surface area contributed by atoms with E-state index in [4.69, 9.17) is 0 Å². The standard InChI is InChI=1S/C17H11F6N5O2/c1-27-6-10(5-25-27)13(15(29)30)7-28-8-24-14(26-28)9-2-11(16(18,19)20)4-12(3-9)17(21,22)23/h2-8H,1H3,(H,29,30)/b13-7-. The van der Waals surface area contributed by atoms with Gasteiger partial charge in [-0.3, -0.25) is 4.68 Å². The van der Waals surface area contributed by atoms with Crippen LogP contribution in [-0.2, 0) is 24.2 Å². The summed E-state index contributed by atoms with van der Waals surface area (Å²) in [5.41, 5.74) is -3.61. The van der Waals surface area contributed by atoms with Crippen LogP contribution in [0.2, 0.25) is 0 Å². The van der Waals surface area contributed by atoms with Gasteiger partial charge in [0.25, 0.3) is 0 Å². The van der Waals surface area contributed by atoms with Crippen LogP contribution >= 0.6 is 0 Å². The van der Waals surface area contributed by atoms with Crippen molar-refractivity contribution in [2.75, 3.05) is 0 Å². The van der Waals surface area contributed by atoms with E-state index in [0.29, 0.717) is 12.1 Å². The Morgan fingerprint density at radius 1 is 1.07 bits per heavy atom. The molecule has 0 aliphatic carbocycles. The zero-order valence-corrected chi connectivity index (χ0v) is 14.9. The van der Waals surface area contributed by atoms with Gasteiger partial charge >= 0.3 is 18.3 Å². The summed E-state index contributed by atoms with van der Waals surface area (Å²) in [7, 11) is 1.56. The van der Waals surface area contributed by atoms with E-state index in [0.717, 1.165) is 17.2 Å². The molecule has 2 aromatic heterocycles. The number of hydrogen-bond donors (Lipinski definition) is 1. The highest BCUT2D eigenvalue weighted by Crippen LogP contribution is 2.38. The van der Waals surface area contributed by atoms with Gasteiger partial charge in [0.1, 0.15) is 6.33 Å². The molecule has 0 atom stereocenters. The molecule has 0 aliphatic heterocycles. The number of carboxylic acid groups (broad SMARTS) is 1. The minimum Gasteiger partial charge on any atom is -0.478 e. The zero-order chi connectivity index (χ0) is 22.3. The lowest BCUT2D eigenvalue weighted by molar-refractivity contribution is -0.143. The summed E-state index contributed by atoms with van der Waals surface area (Å²) in [6.45, 7) is 0. The molecule has 158 valence electrons. The Morgan fingerprint density at radius 3 is 2.13 bits per heavy atom. The third-order valence-corrected chi connectivity index (χ3v) is 3.86. The minimum atomic E-state index is -5.02. The number of nitrogens with zero attached hydrogens (tertiary/aromatic N) is 5. The monoisotopic (exact) mass is 431 g/mol. The Bertz CT molecular complexity index is 1090. The van der Waals surface area contributed by atoms with E-state index in [1.54, 1.807) is 7.05 Å². The quantitative estimate of drug-likeness (QED) is 0.502. The lowest BCUT2D eigenvalue weighted by Crippen LogP contribution is -2.11. The second-order valence-corrected chi connectivity index (χ2v) is 6.09. The van der Waals surface area contributed by atoms with E-state index in [9.17, 15) is 36.2 Å². The van der Waals surface area contributed by atoms with E-state index in [2.05, 4.69) is 15.2 Å². The summed E-state index contributed by atoms with van der Waals surface area (Å²) in [6, 6.07) is 0.959. The molecule has 3 rings (SSSR count). The molecule has 2 heterocycles. The summed E-state index contributed by atoms with van der Waals surface area (Å²) in [5, 5.41) is 17.0. The fraction of sp³-hybridized carbons (Fsp3) is 0.176. The number of benzene rings is 1. The van der Waals surface area contributed by atoms with Gasteiger partial charge in [-0.2, -0.15) is 31.4 Å². The predicted octanol–water partition coefficient (Wildman–Crippen LogP) is 3.80. The first-order chi connectivity index (χ1) is 13.8. The maximum absolute atomic E-state index is 13.0. The lowest BCUT2D eigenvalue weighted by Gasteiger charge is -2.13. The fourth-order valence-corrected chi connectivity index (χ4v) is 2.50. The van der Waals surface area contributed by atoms with Gasteiger partial charge in [-0.25, -0.2) is 14.5 Å². The summed E-state index contributed by atoms with van der Waals surface area (Å²) in [5.74, 6) is -1.79. The largest absolute Gasteiger partial charge is 0.478 e. The van der Waals surface area contributed by atoms with E-state index < -0.39 is 40.8 Å². The first-order valence-corrected chi connectivity index (χ1v) is 8.00. The average Bonchev–Trinajstić information content (AvgIpc) is 3.26. The Kier molecular flexibility index (Phi) is 5.14. The molecule has 3 aromatic rings. The van der Waals surface area contributed by atoms with Crippen LogP contribution in [0.5, 0.6) is 0 Å². The highest BCUT2D eigenvalue weighted by atomic mass is 19.4. The molecular weight excluding hydrogens is 420 g/mol. The summed E-state index contributed by atoms with van der Waals surface area (Å²) < 4.78 is 80.3. The fourth-order valence-electron chi connectivity index (χ4n) is 2.50. The van der Waals surface area contributed by atoms with Crippen molar-refractivity contribution in [2.24, 2.45) is 7.05 Å². The lowest BCUT2D eigenvalue weighted by atomic mass is 10.0. The summed E-state index contributed by atoms with van der Waals surface area (Å²) in [6.07, 6.45) is -5.40. The van der Waals surface area contributed by atoms with Crippen molar-refractivity contribution in [3.05, 3.63) is 53.6 Å². The predicted molar refractivity (Wildman–Crippen MR) is 90.5 cm³/mol. The minimum absolute atomic E-state index is 0.00860. The molecule has 1 aromatic carbocycles. The van der Waals surface area contributed by atoms with Gasteiger partial charge in [-0.05, 0) is 18.2 Å². The van der Waals surface area contributed by atoms with Crippen molar-refractivity contribution in [3.8, 4) is 11.4 Å².